The minimum atomic E-state index is -0.602. The normalized spacial score (nSPS) is 29.9. The maximum atomic E-state index is 13.1. The van der Waals surface area contributed by atoms with Crippen molar-refractivity contribution in [3.8, 4) is 5.75 Å². The van der Waals surface area contributed by atoms with Crippen LogP contribution < -0.4 is 9.64 Å². The Morgan fingerprint density at radius 3 is 2.12 bits per heavy atom. The van der Waals surface area contributed by atoms with Gasteiger partial charge < -0.3 is 14.7 Å². The third-order valence-corrected chi connectivity index (χ3v) is 6.18. The Morgan fingerprint density at radius 1 is 1.00 bits per heavy atom. The molecular formula is C21H31NO3. The number of hydrogen-bond donors (Lipinski definition) is 1. The van der Waals surface area contributed by atoms with Crippen LogP contribution in [0.1, 0.15) is 59.8 Å². The molecule has 0 atom stereocenters. The van der Waals surface area contributed by atoms with Crippen molar-refractivity contribution in [2.45, 2.75) is 71.5 Å². The fourth-order valence-corrected chi connectivity index (χ4v) is 4.25. The van der Waals surface area contributed by atoms with Crippen LogP contribution in [0.3, 0.4) is 0 Å². The maximum absolute atomic E-state index is 13.1. The van der Waals surface area contributed by atoms with E-state index in [-0.39, 0.29) is 23.3 Å². The van der Waals surface area contributed by atoms with E-state index in [1.165, 1.54) is 0 Å². The second-order valence-electron chi connectivity index (χ2n) is 8.41. The van der Waals surface area contributed by atoms with Gasteiger partial charge in [-0.1, -0.05) is 13.8 Å². The minimum Gasteiger partial charge on any atom is -0.491 e. The highest BCUT2D eigenvalue weighted by Crippen LogP contribution is 2.50. The summed E-state index contributed by atoms with van der Waals surface area (Å²) < 4.78 is 5.68. The summed E-state index contributed by atoms with van der Waals surface area (Å²) >= 11 is 0. The van der Waals surface area contributed by atoms with Crippen molar-refractivity contribution in [3.05, 3.63) is 24.3 Å². The number of carbonyl (C=O) groups is 1. The standard InChI is InChI=1S/C21H31NO3/c1-15(2)21(24)11-9-20(10-12-21)13-14-22(19(20)23)17-5-7-18(8-6-17)25-16(3)4/h5-8,15-16,24H,9-14H2,1-4H3. The molecule has 1 N–H and O–H groups in total. The van der Waals surface area contributed by atoms with Crippen LogP contribution in [0.2, 0.25) is 0 Å². The zero-order valence-electron chi connectivity index (χ0n) is 15.9. The van der Waals surface area contributed by atoms with E-state index < -0.39 is 5.60 Å². The number of hydrogen-bond acceptors (Lipinski definition) is 3. The molecule has 3 rings (SSSR count). The number of benzene rings is 1. The molecule has 0 radical (unpaired) electrons. The van der Waals surface area contributed by atoms with Crippen LogP contribution in [-0.2, 0) is 4.79 Å². The van der Waals surface area contributed by atoms with E-state index in [9.17, 15) is 9.90 Å². The van der Waals surface area contributed by atoms with Crippen molar-refractivity contribution in [2.24, 2.45) is 11.3 Å². The van der Waals surface area contributed by atoms with Crippen molar-refractivity contribution >= 4 is 11.6 Å². The first-order valence-electron chi connectivity index (χ1n) is 9.57. The van der Waals surface area contributed by atoms with Gasteiger partial charge in [-0.2, -0.15) is 0 Å². The fraction of sp³-hybridized carbons (Fsp3) is 0.667. The van der Waals surface area contributed by atoms with E-state index in [2.05, 4.69) is 13.8 Å². The topological polar surface area (TPSA) is 49.8 Å². The predicted molar refractivity (Wildman–Crippen MR) is 99.9 cm³/mol. The van der Waals surface area contributed by atoms with Gasteiger partial charge in [-0.25, -0.2) is 0 Å². The SMILES string of the molecule is CC(C)Oc1ccc(N2CCC3(CCC(O)(C(C)C)CC3)C2=O)cc1. The zero-order chi connectivity index (χ0) is 18.2. The van der Waals surface area contributed by atoms with Crippen LogP contribution in [0.25, 0.3) is 0 Å². The average molecular weight is 345 g/mol. The predicted octanol–water partition coefficient (Wildman–Crippen LogP) is 4.16. The van der Waals surface area contributed by atoms with Crippen molar-refractivity contribution in [1.82, 2.24) is 0 Å². The first-order chi connectivity index (χ1) is 11.8. The molecule has 1 spiro atoms. The largest absolute Gasteiger partial charge is 0.491 e. The summed E-state index contributed by atoms with van der Waals surface area (Å²) in [5, 5.41) is 10.7. The van der Waals surface area contributed by atoms with E-state index in [4.69, 9.17) is 4.74 Å². The highest BCUT2D eigenvalue weighted by molar-refractivity contribution is 6.00. The van der Waals surface area contributed by atoms with E-state index in [1.54, 1.807) is 0 Å². The molecule has 1 saturated heterocycles. The van der Waals surface area contributed by atoms with Crippen LogP contribution in [0.5, 0.6) is 5.75 Å². The van der Waals surface area contributed by atoms with Crippen molar-refractivity contribution in [2.75, 3.05) is 11.4 Å². The van der Waals surface area contributed by atoms with Crippen LogP contribution in [0, 0.1) is 11.3 Å². The molecule has 2 aliphatic rings. The summed E-state index contributed by atoms with van der Waals surface area (Å²) in [6.07, 6.45) is 4.09. The number of anilines is 1. The molecule has 0 unspecified atom stereocenters. The van der Waals surface area contributed by atoms with Gasteiger partial charge >= 0.3 is 0 Å². The Kier molecular flexibility index (Phi) is 4.84. The molecule has 25 heavy (non-hydrogen) atoms. The van der Waals surface area contributed by atoms with E-state index >= 15 is 0 Å². The first-order valence-corrected chi connectivity index (χ1v) is 9.57. The van der Waals surface area contributed by atoms with Gasteiger partial charge in [0.05, 0.1) is 17.1 Å². The molecule has 1 aromatic carbocycles. The second-order valence-corrected chi connectivity index (χ2v) is 8.41. The molecule has 1 aliphatic carbocycles. The van der Waals surface area contributed by atoms with Gasteiger partial charge in [0.1, 0.15) is 5.75 Å². The fourth-order valence-electron chi connectivity index (χ4n) is 4.25. The third kappa shape index (κ3) is 3.41. The molecule has 1 aromatic rings. The Morgan fingerprint density at radius 2 is 1.60 bits per heavy atom. The van der Waals surface area contributed by atoms with Crippen LogP contribution in [0.15, 0.2) is 24.3 Å². The summed E-state index contributed by atoms with van der Waals surface area (Å²) in [6, 6.07) is 7.82. The summed E-state index contributed by atoms with van der Waals surface area (Å²) in [4.78, 5) is 15.1. The van der Waals surface area contributed by atoms with Crippen LogP contribution >= 0.6 is 0 Å². The Balaban J connectivity index is 1.70. The highest BCUT2D eigenvalue weighted by Gasteiger charge is 2.52. The second kappa shape index (κ2) is 6.64. The van der Waals surface area contributed by atoms with Gasteiger partial charge in [-0.05, 0) is 76.1 Å². The lowest BCUT2D eigenvalue weighted by Gasteiger charge is -2.43. The number of nitrogens with zero attached hydrogens (tertiary/aromatic N) is 1. The average Bonchev–Trinajstić information content (AvgIpc) is 2.88. The van der Waals surface area contributed by atoms with Gasteiger partial charge in [-0.15, -0.1) is 0 Å². The molecule has 138 valence electrons. The molecule has 4 heteroatoms. The van der Waals surface area contributed by atoms with E-state index in [0.717, 1.165) is 50.1 Å². The zero-order valence-corrected chi connectivity index (χ0v) is 15.9. The van der Waals surface area contributed by atoms with Gasteiger partial charge in [0.15, 0.2) is 0 Å². The molecule has 1 heterocycles. The van der Waals surface area contributed by atoms with Crippen molar-refractivity contribution in [3.63, 3.8) is 0 Å². The van der Waals surface area contributed by atoms with Crippen molar-refractivity contribution in [1.29, 1.82) is 0 Å². The number of amides is 1. The number of ether oxygens (including phenoxy) is 1. The number of rotatable bonds is 4. The quantitative estimate of drug-likeness (QED) is 0.891. The summed E-state index contributed by atoms with van der Waals surface area (Å²) in [5.41, 5.74) is 0.0749. The van der Waals surface area contributed by atoms with Crippen molar-refractivity contribution < 1.29 is 14.6 Å². The molecule has 0 aromatic heterocycles. The highest BCUT2D eigenvalue weighted by atomic mass is 16.5. The monoisotopic (exact) mass is 345 g/mol. The molecule has 1 saturated carbocycles. The third-order valence-electron chi connectivity index (χ3n) is 6.18. The van der Waals surface area contributed by atoms with Gasteiger partial charge in [0.25, 0.3) is 0 Å². The Bertz CT molecular complexity index is 613. The lowest BCUT2D eigenvalue weighted by atomic mass is 9.65. The smallest absolute Gasteiger partial charge is 0.233 e. The molecular weight excluding hydrogens is 314 g/mol. The van der Waals surface area contributed by atoms with Gasteiger partial charge in [-0.3, -0.25) is 4.79 Å². The summed E-state index contributed by atoms with van der Waals surface area (Å²) in [6.45, 7) is 8.92. The Hall–Kier alpha value is -1.55. The van der Waals surface area contributed by atoms with Gasteiger partial charge in [0, 0.05) is 12.2 Å². The lowest BCUT2D eigenvalue weighted by Crippen LogP contribution is -2.46. The molecule has 0 bridgehead atoms. The van der Waals surface area contributed by atoms with Gasteiger partial charge in [0.2, 0.25) is 5.91 Å². The molecule has 1 aliphatic heterocycles. The Labute approximate surface area is 151 Å². The lowest BCUT2D eigenvalue weighted by molar-refractivity contribution is -0.132. The van der Waals surface area contributed by atoms with E-state index in [1.807, 2.05) is 43.0 Å². The van der Waals surface area contributed by atoms with Crippen LogP contribution in [-0.4, -0.2) is 29.3 Å². The molecule has 4 nitrogen and oxygen atoms in total. The summed E-state index contributed by atoms with van der Waals surface area (Å²) in [5.74, 6) is 1.31. The summed E-state index contributed by atoms with van der Waals surface area (Å²) in [7, 11) is 0. The maximum Gasteiger partial charge on any atom is 0.233 e. The van der Waals surface area contributed by atoms with E-state index in [0.29, 0.717) is 0 Å². The number of aliphatic hydroxyl groups is 1. The number of carbonyl (C=O) groups excluding carboxylic acids is 1. The molecule has 2 fully saturated rings. The van der Waals surface area contributed by atoms with Crippen LogP contribution in [0.4, 0.5) is 5.69 Å². The molecule has 1 amide bonds. The minimum absolute atomic E-state index is 0.143. The first kappa shape index (κ1) is 18.2.